The van der Waals surface area contributed by atoms with Crippen LogP contribution in [0.3, 0.4) is 0 Å². The Morgan fingerprint density at radius 1 is 0.686 bits per heavy atom. The van der Waals surface area contributed by atoms with Gasteiger partial charge in [-0.1, -0.05) is 12.1 Å². The molecule has 0 saturated carbocycles. The number of phenolic OH excluding ortho intramolecular Hbond substituents is 1. The number of aromatic nitrogens is 1. The van der Waals surface area contributed by atoms with Crippen LogP contribution < -0.4 is 14.4 Å². The fourth-order valence-electron chi connectivity index (χ4n) is 4.02. The zero-order valence-corrected chi connectivity index (χ0v) is 20.2. The largest absolute Gasteiger partial charge is 0.508 e. The van der Waals surface area contributed by atoms with E-state index in [1.165, 1.54) is 0 Å². The molecule has 0 aliphatic heterocycles. The summed E-state index contributed by atoms with van der Waals surface area (Å²) in [6.45, 7) is 0. The van der Waals surface area contributed by atoms with Gasteiger partial charge in [-0.05, 0) is 90.0 Å². The zero-order chi connectivity index (χ0) is 24.2. The number of benzene rings is 4. The van der Waals surface area contributed by atoms with Crippen molar-refractivity contribution in [1.29, 1.82) is 0 Å². The van der Waals surface area contributed by atoms with Gasteiger partial charge < -0.3 is 19.5 Å². The molecule has 0 radical (unpaired) electrons. The van der Waals surface area contributed by atoms with Crippen LogP contribution in [-0.4, -0.2) is 24.3 Å². The van der Waals surface area contributed by atoms with E-state index < -0.39 is 0 Å². The lowest BCUT2D eigenvalue weighted by Gasteiger charge is -2.26. The van der Waals surface area contributed by atoms with Crippen LogP contribution in [0.1, 0.15) is 0 Å². The predicted molar refractivity (Wildman–Crippen MR) is 142 cm³/mol. The third-order valence-corrected chi connectivity index (χ3v) is 6.57. The van der Waals surface area contributed by atoms with Crippen molar-refractivity contribution in [3.8, 4) is 38.9 Å². The molecule has 1 heterocycles. The lowest BCUT2D eigenvalue weighted by Crippen LogP contribution is -2.09. The predicted octanol–water partition coefficient (Wildman–Crippen LogP) is 7.67. The summed E-state index contributed by atoms with van der Waals surface area (Å²) in [5.74, 6) is 1.84. The van der Waals surface area contributed by atoms with E-state index in [-0.39, 0.29) is 5.75 Å². The molecule has 5 aromatic rings. The van der Waals surface area contributed by atoms with Gasteiger partial charge >= 0.3 is 0 Å². The van der Waals surface area contributed by atoms with Crippen LogP contribution in [0.15, 0.2) is 103 Å². The van der Waals surface area contributed by atoms with Gasteiger partial charge in [0.15, 0.2) is 0 Å². The Morgan fingerprint density at radius 3 is 1.71 bits per heavy atom. The molecule has 0 bridgehead atoms. The summed E-state index contributed by atoms with van der Waals surface area (Å²) in [6, 6.07) is 29.8. The summed E-state index contributed by atoms with van der Waals surface area (Å²) < 4.78 is 10.7. The van der Waals surface area contributed by atoms with E-state index in [4.69, 9.17) is 9.47 Å². The summed E-state index contributed by atoms with van der Waals surface area (Å²) in [6.07, 6.45) is 1.78. The summed E-state index contributed by atoms with van der Waals surface area (Å²) in [5, 5.41) is 12.9. The average molecular weight is 481 g/mol. The molecule has 0 spiro atoms. The lowest BCUT2D eigenvalue weighted by molar-refractivity contribution is 0.415. The van der Waals surface area contributed by atoms with E-state index in [1.54, 1.807) is 43.9 Å². The van der Waals surface area contributed by atoms with Gasteiger partial charge in [0.05, 0.1) is 14.2 Å². The van der Waals surface area contributed by atoms with Crippen molar-refractivity contribution >= 4 is 28.4 Å². The molecule has 35 heavy (non-hydrogen) atoms. The SMILES string of the molecule is COc1ccc(N(c2ccc(OC)cc2)c2ccc(-c3ccc(O)cc3-c3nccs3)cc2)cc1. The number of phenols is 1. The molecule has 5 rings (SSSR count). The van der Waals surface area contributed by atoms with Crippen LogP contribution in [0.2, 0.25) is 0 Å². The van der Waals surface area contributed by atoms with Crippen LogP contribution in [0.4, 0.5) is 17.1 Å². The van der Waals surface area contributed by atoms with Crippen molar-refractivity contribution in [2.24, 2.45) is 0 Å². The molecule has 0 amide bonds. The van der Waals surface area contributed by atoms with Crippen molar-refractivity contribution in [3.63, 3.8) is 0 Å². The number of hydrogen-bond donors (Lipinski definition) is 1. The van der Waals surface area contributed by atoms with Crippen LogP contribution in [0.5, 0.6) is 17.2 Å². The fraction of sp³-hybridized carbons (Fsp3) is 0.0690. The van der Waals surface area contributed by atoms with Crippen molar-refractivity contribution in [2.45, 2.75) is 0 Å². The topological polar surface area (TPSA) is 54.8 Å². The highest BCUT2D eigenvalue weighted by Gasteiger charge is 2.15. The van der Waals surface area contributed by atoms with Crippen molar-refractivity contribution in [2.75, 3.05) is 19.1 Å². The Bertz CT molecular complexity index is 1350. The van der Waals surface area contributed by atoms with Crippen LogP contribution in [-0.2, 0) is 0 Å². The molecule has 0 aliphatic rings. The Kier molecular flexibility index (Phi) is 6.37. The fourth-order valence-corrected chi connectivity index (χ4v) is 4.69. The highest BCUT2D eigenvalue weighted by molar-refractivity contribution is 7.13. The highest BCUT2D eigenvalue weighted by Crippen LogP contribution is 2.39. The quantitative estimate of drug-likeness (QED) is 0.259. The number of thiazole rings is 1. The van der Waals surface area contributed by atoms with Crippen LogP contribution >= 0.6 is 11.3 Å². The van der Waals surface area contributed by atoms with Crippen molar-refractivity contribution in [1.82, 2.24) is 4.98 Å². The molecule has 0 aliphatic carbocycles. The van der Waals surface area contributed by atoms with Gasteiger partial charge in [0.1, 0.15) is 22.3 Å². The van der Waals surface area contributed by atoms with Crippen molar-refractivity contribution in [3.05, 3.63) is 103 Å². The minimum absolute atomic E-state index is 0.223. The minimum Gasteiger partial charge on any atom is -0.508 e. The Balaban J connectivity index is 1.56. The maximum atomic E-state index is 10.1. The van der Waals surface area contributed by atoms with E-state index in [9.17, 15) is 5.11 Å². The van der Waals surface area contributed by atoms with Gasteiger partial charge in [0.2, 0.25) is 0 Å². The molecule has 0 fully saturated rings. The number of hydrogen-bond acceptors (Lipinski definition) is 6. The molecular formula is C29H24N2O3S. The second kappa shape index (κ2) is 9.91. The number of aromatic hydroxyl groups is 1. The summed E-state index contributed by atoms with van der Waals surface area (Å²) in [4.78, 5) is 6.63. The van der Waals surface area contributed by atoms with E-state index in [1.807, 2.05) is 60.0 Å². The normalized spacial score (nSPS) is 10.7. The third-order valence-electron chi connectivity index (χ3n) is 5.76. The number of rotatable bonds is 7. The maximum absolute atomic E-state index is 10.1. The van der Waals surface area contributed by atoms with E-state index in [2.05, 4.69) is 34.1 Å². The number of nitrogens with zero attached hydrogens (tertiary/aromatic N) is 2. The first-order chi connectivity index (χ1) is 17.2. The smallest absolute Gasteiger partial charge is 0.124 e. The summed E-state index contributed by atoms with van der Waals surface area (Å²) in [7, 11) is 3.33. The van der Waals surface area contributed by atoms with Gasteiger partial charge in [-0.2, -0.15) is 0 Å². The first-order valence-corrected chi connectivity index (χ1v) is 12.0. The van der Waals surface area contributed by atoms with Gasteiger partial charge in [-0.15, -0.1) is 11.3 Å². The Morgan fingerprint density at radius 2 is 1.23 bits per heavy atom. The number of methoxy groups -OCH3 is 2. The monoisotopic (exact) mass is 480 g/mol. The molecule has 6 heteroatoms. The van der Waals surface area contributed by atoms with Gasteiger partial charge in [-0.25, -0.2) is 4.98 Å². The Labute approximate surface area is 208 Å². The number of ether oxygens (including phenoxy) is 2. The van der Waals surface area contributed by atoms with E-state index in [0.29, 0.717) is 0 Å². The highest BCUT2D eigenvalue weighted by atomic mass is 32.1. The Hall–Kier alpha value is -4.29. The molecule has 4 aromatic carbocycles. The third kappa shape index (κ3) is 4.69. The van der Waals surface area contributed by atoms with Crippen LogP contribution in [0, 0.1) is 0 Å². The van der Waals surface area contributed by atoms with E-state index >= 15 is 0 Å². The van der Waals surface area contributed by atoms with Crippen molar-refractivity contribution < 1.29 is 14.6 Å². The first-order valence-electron chi connectivity index (χ1n) is 11.1. The molecule has 0 atom stereocenters. The molecule has 174 valence electrons. The maximum Gasteiger partial charge on any atom is 0.124 e. The average Bonchev–Trinajstić information content (AvgIpc) is 3.45. The molecule has 5 nitrogen and oxygen atoms in total. The second-order valence-electron chi connectivity index (χ2n) is 7.85. The van der Waals surface area contributed by atoms with Gasteiger partial charge in [0, 0.05) is 34.2 Å². The summed E-state index contributed by atoms with van der Waals surface area (Å²) in [5.41, 5.74) is 6.01. The standard InChI is InChI=1S/C29H24N2O3S/c1-33-25-12-7-22(8-13-25)31(23-9-14-26(34-2)15-10-23)21-5-3-20(4-6-21)27-16-11-24(32)19-28(27)29-30-17-18-35-29/h3-19,32H,1-2H3. The summed E-state index contributed by atoms with van der Waals surface area (Å²) >= 11 is 1.55. The first kappa shape index (κ1) is 22.5. The second-order valence-corrected chi connectivity index (χ2v) is 8.74. The lowest BCUT2D eigenvalue weighted by atomic mass is 9.99. The van der Waals surface area contributed by atoms with E-state index in [0.717, 1.165) is 50.3 Å². The minimum atomic E-state index is 0.223. The van der Waals surface area contributed by atoms with Gasteiger partial charge in [-0.3, -0.25) is 0 Å². The number of anilines is 3. The van der Waals surface area contributed by atoms with Crippen LogP contribution in [0.25, 0.3) is 21.7 Å². The molecule has 1 aromatic heterocycles. The molecule has 1 N–H and O–H groups in total. The molecular weight excluding hydrogens is 456 g/mol. The molecule has 0 saturated heterocycles. The zero-order valence-electron chi connectivity index (χ0n) is 19.4. The van der Waals surface area contributed by atoms with Gasteiger partial charge in [0.25, 0.3) is 0 Å². The molecule has 0 unspecified atom stereocenters.